The molecule has 1 N–H and O–H groups in total. The summed E-state index contributed by atoms with van der Waals surface area (Å²) in [5, 5.41) is 3.42. The topological polar surface area (TPSA) is 12.0 Å². The lowest BCUT2D eigenvalue weighted by Gasteiger charge is -2.09. The Bertz CT molecular complexity index is 523. The molecule has 2 rings (SSSR count). The van der Waals surface area contributed by atoms with Crippen LogP contribution in [0.4, 0.5) is 5.69 Å². The number of rotatable bonds is 3. The average Bonchev–Trinajstić information content (AvgIpc) is 2.32. The van der Waals surface area contributed by atoms with E-state index in [4.69, 9.17) is 0 Å². The molecule has 0 radical (unpaired) electrons. The molecular weight excluding hydrogens is 342 g/mol. The quantitative estimate of drug-likeness (QED) is 0.805. The summed E-state index contributed by atoms with van der Waals surface area (Å²) in [6, 6.07) is 14.5. The second kappa shape index (κ2) is 5.69. The highest BCUT2D eigenvalue weighted by molar-refractivity contribution is 9.10. The fourth-order valence-electron chi connectivity index (χ4n) is 1.59. The lowest BCUT2D eigenvalue weighted by molar-refractivity contribution is 1.13. The average molecular weight is 355 g/mol. The Morgan fingerprint density at radius 1 is 1.00 bits per heavy atom. The first-order chi connectivity index (χ1) is 8.16. The molecule has 1 nitrogen and oxygen atoms in total. The number of aryl methyl sites for hydroxylation is 1. The minimum Gasteiger partial charge on any atom is -0.381 e. The summed E-state index contributed by atoms with van der Waals surface area (Å²) in [7, 11) is 0. The maximum absolute atomic E-state index is 3.55. The molecule has 2 aromatic rings. The summed E-state index contributed by atoms with van der Waals surface area (Å²) >= 11 is 7.05. The SMILES string of the molecule is Cc1cc(NCc2ccccc2Br)ccc1Br. The van der Waals surface area contributed by atoms with Crippen molar-refractivity contribution in [2.75, 3.05) is 5.32 Å². The molecule has 2 aromatic carbocycles. The van der Waals surface area contributed by atoms with Gasteiger partial charge in [0.2, 0.25) is 0 Å². The van der Waals surface area contributed by atoms with Crippen LogP contribution in [0.5, 0.6) is 0 Å². The summed E-state index contributed by atoms with van der Waals surface area (Å²) < 4.78 is 2.28. The number of benzene rings is 2. The Balaban J connectivity index is 2.08. The molecule has 0 spiro atoms. The monoisotopic (exact) mass is 353 g/mol. The van der Waals surface area contributed by atoms with Crippen molar-refractivity contribution in [1.29, 1.82) is 0 Å². The van der Waals surface area contributed by atoms with Crippen LogP contribution in [0.2, 0.25) is 0 Å². The Hall–Kier alpha value is -0.800. The largest absolute Gasteiger partial charge is 0.381 e. The summed E-state index contributed by atoms with van der Waals surface area (Å²) in [4.78, 5) is 0. The first-order valence-corrected chi connectivity index (χ1v) is 6.99. The summed E-state index contributed by atoms with van der Waals surface area (Å²) in [6.07, 6.45) is 0. The van der Waals surface area contributed by atoms with Crippen LogP contribution < -0.4 is 5.32 Å². The number of halogens is 2. The Morgan fingerprint density at radius 3 is 2.47 bits per heavy atom. The highest BCUT2D eigenvalue weighted by atomic mass is 79.9. The smallest absolute Gasteiger partial charge is 0.0411 e. The van der Waals surface area contributed by atoms with Gasteiger partial charge < -0.3 is 5.32 Å². The Labute approximate surface area is 119 Å². The number of anilines is 1. The maximum atomic E-state index is 3.55. The normalized spacial score (nSPS) is 10.3. The van der Waals surface area contributed by atoms with E-state index < -0.39 is 0 Å². The van der Waals surface area contributed by atoms with Gasteiger partial charge in [-0.2, -0.15) is 0 Å². The molecule has 0 saturated carbocycles. The van der Waals surface area contributed by atoms with E-state index in [-0.39, 0.29) is 0 Å². The van der Waals surface area contributed by atoms with Crippen LogP contribution in [0.25, 0.3) is 0 Å². The molecule has 0 aliphatic carbocycles. The molecule has 0 unspecified atom stereocenters. The molecule has 0 aliphatic heterocycles. The first kappa shape index (κ1) is 12.7. The van der Waals surface area contributed by atoms with Gasteiger partial charge in [0.15, 0.2) is 0 Å². The van der Waals surface area contributed by atoms with Crippen molar-refractivity contribution >= 4 is 37.5 Å². The van der Waals surface area contributed by atoms with Gasteiger partial charge >= 0.3 is 0 Å². The molecule has 17 heavy (non-hydrogen) atoms. The lowest BCUT2D eigenvalue weighted by atomic mass is 10.2. The molecule has 0 saturated heterocycles. The van der Waals surface area contributed by atoms with Gasteiger partial charge in [-0.15, -0.1) is 0 Å². The highest BCUT2D eigenvalue weighted by Gasteiger charge is 2.00. The molecule has 0 bridgehead atoms. The molecule has 88 valence electrons. The van der Waals surface area contributed by atoms with E-state index in [2.05, 4.69) is 80.5 Å². The molecule has 3 heteroatoms. The van der Waals surface area contributed by atoms with E-state index in [9.17, 15) is 0 Å². The predicted molar refractivity (Wildman–Crippen MR) is 80.3 cm³/mol. The van der Waals surface area contributed by atoms with Crippen LogP contribution in [0.15, 0.2) is 51.4 Å². The van der Waals surface area contributed by atoms with Gasteiger partial charge in [0.1, 0.15) is 0 Å². The summed E-state index contributed by atoms with van der Waals surface area (Å²) in [5.74, 6) is 0. The zero-order chi connectivity index (χ0) is 12.3. The van der Waals surface area contributed by atoms with Gasteiger partial charge in [0.05, 0.1) is 0 Å². The van der Waals surface area contributed by atoms with Crippen LogP contribution in [0, 0.1) is 6.92 Å². The first-order valence-electron chi connectivity index (χ1n) is 5.40. The van der Waals surface area contributed by atoms with Crippen LogP contribution in [0.3, 0.4) is 0 Å². The number of hydrogen-bond acceptors (Lipinski definition) is 1. The molecule has 0 fully saturated rings. The van der Waals surface area contributed by atoms with Crippen LogP contribution in [0.1, 0.15) is 11.1 Å². The van der Waals surface area contributed by atoms with Crippen molar-refractivity contribution in [3.63, 3.8) is 0 Å². The number of nitrogens with one attached hydrogen (secondary N) is 1. The highest BCUT2D eigenvalue weighted by Crippen LogP contribution is 2.22. The lowest BCUT2D eigenvalue weighted by Crippen LogP contribution is -2.00. The van der Waals surface area contributed by atoms with E-state index in [1.54, 1.807) is 0 Å². The van der Waals surface area contributed by atoms with Crippen LogP contribution in [-0.4, -0.2) is 0 Å². The minimum atomic E-state index is 0.822. The zero-order valence-corrected chi connectivity index (χ0v) is 12.7. The van der Waals surface area contributed by atoms with E-state index in [1.165, 1.54) is 11.1 Å². The van der Waals surface area contributed by atoms with E-state index in [0.29, 0.717) is 0 Å². The molecule has 0 amide bonds. The van der Waals surface area contributed by atoms with Crippen LogP contribution in [-0.2, 0) is 6.54 Å². The van der Waals surface area contributed by atoms with E-state index >= 15 is 0 Å². The van der Waals surface area contributed by atoms with E-state index in [0.717, 1.165) is 21.2 Å². The Morgan fingerprint density at radius 2 is 1.76 bits per heavy atom. The second-order valence-electron chi connectivity index (χ2n) is 3.91. The van der Waals surface area contributed by atoms with Crippen molar-refractivity contribution in [3.05, 3.63) is 62.5 Å². The van der Waals surface area contributed by atoms with Crippen LogP contribution >= 0.6 is 31.9 Å². The fourth-order valence-corrected chi connectivity index (χ4v) is 2.27. The van der Waals surface area contributed by atoms with Gasteiger partial charge in [-0.1, -0.05) is 50.1 Å². The molecular formula is C14H13Br2N. The molecule has 0 heterocycles. The molecule has 0 atom stereocenters. The number of hydrogen-bond donors (Lipinski definition) is 1. The third-order valence-electron chi connectivity index (χ3n) is 2.60. The fraction of sp³-hybridized carbons (Fsp3) is 0.143. The van der Waals surface area contributed by atoms with Crippen molar-refractivity contribution in [1.82, 2.24) is 0 Å². The van der Waals surface area contributed by atoms with Gasteiger partial charge in [0.25, 0.3) is 0 Å². The van der Waals surface area contributed by atoms with Gasteiger partial charge in [-0.05, 0) is 42.3 Å². The summed E-state index contributed by atoms with van der Waals surface area (Å²) in [5.41, 5.74) is 3.64. The van der Waals surface area contributed by atoms with Crippen molar-refractivity contribution in [2.45, 2.75) is 13.5 Å². The maximum Gasteiger partial charge on any atom is 0.0411 e. The van der Waals surface area contributed by atoms with Crippen molar-refractivity contribution in [2.24, 2.45) is 0 Å². The molecule has 0 aromatic heterocycles. The third-order valence-corrected chi connectivity index (χ3v) is 4.26. The zero-order valence-electron chi connectivity index (χ0n) is 9.50. The van der Waals surface area contributed by atoms with Gasteiger partial charge in [-0.25, -0.2) is 0 Å². The van der Waals surface area contributed by atoms with Crippen molar-refractivity contribution in [3.8, 4) is 0 Å². The standard InChI is InChI=1S/C14H13Br2N/c1-10-8-12(6-7-13(10)15)17-9-11-4-2-3-5-14(11)16/h2-8,17H,9H2,1H3. The van der Waals surface area contributed by atoms with E-state index in [1.807, 2.05) is 6.07 Å². The predicted octanol–water partition coefficient (Wildman–Crippen LogP) is 5.13. The second-order valence-corrected chi connectivity index (χ2v) is 5.62. The third kappa shape index (κ3) is 3.33. The van der Waals surface area contributed by atoms with Gasteiger partial charge in [-0.3, -0.25) is 0 Å². The Kier molecular flexibility index (Phi) is 4.24. The molecule has 0 aliphatic rings. The minimum absolute atomic E-state index is 0.822. The van der Waals surface area contributed by atoms with Crippen molar-refractivity contribution < 1.29 is 0 Å². The summed E-state index contributed by atoms with van der Waals surface area (Å²) in [6.45, 7) is 2.91. The van der Waals surface area contributed by atoms with Gasteiger partial charge in [0, 0.05) is 21.2 Å².